The maximum absolute atomic E-state index is 14.1. The van der Waals surface area contributed by atoms with Crippen molar-refractivity contribution in [3.05, 3.63) is 94.7 Å². The number of hydrogen-bond donors (Lipinski definition) is 1. The van der Waals surface area contributed by atoms with Crippen molar-refractivity contribution in [1.29, 1.82) is 0 Å². The van der Waals surface area contributed by atoms with Gasteiger partial charge in [-0.2, -0.15) is 0 Å². The molecule has 0 radical (unpaired) electrons. The second-order valence-corrected chi connectivity index (χ2v) is 10.5. The average molecular weight is 578 g/mol. The molecule has 10 nitrogen and oxygen atoms in total. The molecule has 0 saturated carbocycles. The Morgan fingerprint density at radius 1 is 1.15 bits per heavy atom. The van der Waals surface area contributed by atoms with Crippen LogP contribution in [0, 0.1) is 5.82 Å². The van der Waals surface area contributed by atoms with E-state index in [2.05, 4.69) is 24.5 Å². The van der Waals surface area contributed by atoms with Crippen molar-refractivity contribution in [2.45, 2.75) is 38.6 Å². The highest BCUT2D eigenvalue weighted by Gasteiger charge is 2.24. The zero-order valence-corrected chi connectivity index (χ0v) is 23.2. The second kappa shape index (κ2) is 11.7. The second-order valence-electron chi connectivity index (χ2n) is 10.1. The molecule has 41 heavy (non-hydrogen) atoms. The molecule has 0 amide bonds. The minimum Gasteiger partial charge on any atom is -0.472 e. The first-order valence-corrected chi connectivity index (χ1v) is 13.7. The van der Waals surface area contributed by atoms with Crippen LogP contribution < -0.4 is 4.74 Å². The number of ether oxygens (including phenoxy) is 2. The highest BCUT2D eigenvalue weighted by atomic mass is 35.5. The average Bonchev–Trinajstić information content (AvgIpc) is 3.74. The summed E-state index contributed by atoms with van der Waals surface area (Å²) < 4.78 is 28.8. The Balaban J connectivity index is 1.11. The molecule has 0 unspecified atom stereocenters. The SMILES string of the molecule is COC(=O)c1ccc2nc(CN3CCC(n4ccc(OCc5ccc(Cl)cc5F)n4)CC3)n(Cc3cnc[nH]3)c2c1. The van der Waals surface area contributed by atoms with E-state index in [4.69, 9.17) is 26.1 Å². The number of carbonyl (C=O) groups is 1. The van der Waals surface area contributed by atoms with Crippen LogP contribution in [0.15, 0.2) is 61.2 Å². The summed E-state index contributed by atoms with van der Waals surface area (Å²) in [5.74, 6) is 0.598. The van der Waals surface area contributed by atoms with E-state index in [9.17, 15) is 9.18 Å². The number of H-pyrrole nitrogens is 1. The van der Waals surface area contributed by atoms with Crippen molar-refractivity contribution in [2.75, 3.05) is 20.2 Å². The molecule has 1 fully saturated rings. The standard InChI is InChI=1S/C29H29ClFN7O3/c1-40-29(39)19-3-5-25-26(12-19)37(15-22-14-32-18-33-22)27(34-25)16-36-9-6-23(7-10-36)38-11-8-28(35-38)41-17-20-2-4-21(30)13-24(20)31/h2-5,8,11-14,18,23H,6-7,9-10,15-17H2,1H3,(H,32,33). The van der Waals surface area contributed by atoms with Crippen LogP contribution in [-0.2, 0) is 24.4 Å². The third-order valence-electron chi connectivity index (χ3n) is 7.40. The molecular weight excluding hydrogens is 549 g/mol. The molecule has 2 aromatic carbocycles. The summed E-state index contributed by atoms with van der Waals surface area (Å²) in [6.07, 6.45) is 7.19. The van der Waals surface area contributed by atoms with Gasteiger partial charge in [0.15, 0.2) is 0 Å². The van der Waals surface area contributed by atoms with E-state index in [-0.39, 0.29) is 18.6 Å². The maximum atomic E-state index is 14.1. The molecule has 0 spiro atoms. The van der Waals surface area contributed by atoms with Crippen molar-refractivity contribution < 1.29 is 18.7 Å². The summed E-state index contributed by atoms with van der Waals surface area (Å²) in [4.78, 5) is 26.8. The van der Waals surface area contributed by atoms with Gasteiger partial charge < -0.3 is 19.0 Å². The molecule has 0 atom stereocenters. The summed E-state index contributed by atoms with van der Waals surface area (Å²) in [6.45, 7) is 3.06. The van der Waals surface area contributed by atoms with Crippen molar-refractivity contribution in [2.24, 2.45) is 0 Å². The lowest BCUT2D eigenvalue weighted by Gasteiger charge is -2.31. The summed E-state index contributed by atoms with van der Waals surface area (Å²) in [7, 11) is 1.38. The lowest BCUT2D eigenvalue weighted by atomic mass is 10.1. The first-order chi connectivity index (χ1) is 20.0. The minimum absolute atomic E-state index is 0.0825. The van der Waals surface area contributed by atoms with Crippen molar-refractivity contribution in [3.8, 4) is 5.88 Å². The number of imidazole rings is 2. The molecule has 4 heterocycles. The molecule has 6 rings (SSSR count). The van der Waals surface area contributed by atoms with Crippen LogP contribution in [0.25, 0.3) is 11.0 Å². The van der Waals surface area contributed by atoms with Crippen molar-refractivity contribution in [3.63, 3.8) is 0 Å². The van der Waals surface area contributed by atoms with Gasteiger partial charge in [0.05, 0.1) is 54.9 Å². The van der Waals surface area contributed by atoms with E-state index in [1.807, 2.05) is 23.0 Å². The molecule has 212 valence electrons. The van der Waals surface area contributed by atoms with Crippen LogP contribution in [0.3, 0.4) is 0 Å². The molecular formula is C29H29ClFN7O3. The fraction of sp³-hybridized carbons (Fsp3) is 0.310. The highest BCUT2D eigenvalue weighted by Crippen LogP contribution is 2.27. The molecule has 1 aliphatic heterocycles. The summed E-state index contributed by atoms with van der Waals surface area (Å²) in [5.41, 5.74) is 3.55. The number of hydrogen-bond acceptors (Lipinski definition) is 7. The van der Waals surface area contributed by atoms with Crippen molar-refractivity contribution >= 4 is 28.6 Å². The van der Waals surface area contributed by atoms with Gasteiger partial charge in [0.2, 0.25) is 5.88 Å². The van der Waals surface area contributed by atoms with Crippen LogP contribution in [0.5, 0.6) is 5.88 Å². The number of likely N-dealkylation sites (tertiary alicyclic amines) is 1. The topological polar surface area (TPSA) is 103 Å². The number of aromatic amines is 1. The molecule has 0 aliphatic carbocycles. The van der Waals surface area contributed by atoms with Crippen LogP contribution in [0.4, 0.5) is 4.39 Å². The van der Waals surface area contributed by atoms with Gasteiger partial charge in [-0.3, -0.25) is 9.58 Å². The normalized spacial score (nSPS) is 14.5. The number of aromatic nitrogens is 6. The summed E-state index contributed by atoms with van der Waals surface area (Å²) in [6, 6.07) is 12.0. The van der Waals surface area contributed by atoms with Gasteiger partial charge in [-0.05, 0) is 43.2 Å². The summed E-state index contributed by atoms with van der Waals surface area (Å²) >= 11 is 5.83. The van der Waals surface area contributed by atoms with E-state index in [0.717, 1.165) is 48.5 Å². The molecule has 1 aliphatic rings. The number of esters is 1. The zero-order chi connectivity index (χ0) is 28.3. The lowest BCUT2D eigenvalue weighted by Crippen LogP contribution is -2.35. The Bertz CT molecular complexity index is 1660. The van der Waals surface area contributed by atoms with Crippen LogP contribution in [0.1, 0.15) is 46.3 Å². The lowest BCUT2D eigenvalue weighted by molar-refractivity contribution is 0.0601. The molecule has 5 aromatic rings. The zero-order valence-electron chi connectivity index (χ0n) is 22.5. The first kappa shape index (κ1) is 27.0. The quantitative estimate of drug-likeness (QED) is 0.246. The minimum atomic E-state index is -0.397. The Morgan fingerprint density at radius 3 is 2.76 bits per heavy atom. The third kappa shape index (κ3) is 5.96. The van der Waals surface area contributed by atoms with E-state index in [1.165, 1.54) is 13.2 Å². The number of piperidine rings is 1. The Kier molecular flexibility index (Phi) is 7.71. The predicted molar refractivity (Wildman–Crippen MR) is 150 cm³/mol. The monoisotopic (exact) mass is 577 g/mol. The molecule has 3 aromatic heterocycles. The number of benzene rings is 2. The van der Waals surface area contributed by atoms with E-state index < -0.39 is 5.82 Å². The van der Waals surface area contributed by atoms with Crippen LogP contribution in [0.2, 0.25) is 5.02 Å². The Labute approximate surface area is 240 Å². The van der Waals surface area contributed by atoms with Crippen LogP contribution in [-0.4, -0.2) is 60.4 Å². The Morgan fingerprint density at radius 2 is 2.00 bits per heavy atom. The fourth-order valence-corrected chi connectivity index (χ4v) is 5.35. The van der Waals surface area contributed by atoms with E-state index in [1.54, 1.807) is 36.8 Å². The van der Waals surface area contributed by atoms with Gasteiger partial charge in [0.1, 0.15) is 18.2 Å². The van der Waals surface area contributed by atoms with Gasteiger partial charge in [-0.15, -0.1) is 5.10 Å². The van der Waals surface area contributed by atoms with Gasteiger partial charge >= 0.3 is 5.97 Å². The van der Waals surface area contributed by atoms with Gasteiger partial charge in [0.25, 0.3) is 0 Å². The molecule has 0 bridgehead atoms. The number of carbonyl (C=O) groups excluding carboxylic acids is 1. The number of methoxy groups -OCH3 is 1. The van der Waals surface area contributed by atoms with E-state index >= 15 is 0 Å². The third-order valence-corrected chi connectivity index (χ3v) is 7.64. The largest absolute Gasteiger partial charge is 0.472 e. The fourth-order valence-electron chi connectivity index (χ4n) is 5.19. The number of halogens is 2. The predicted octanol–water partition coefficient (Wildman–Crippen LogP) is 5.00. The first-order valence-electron chi connectivity index (χ1n) is 13.4. The number of rotatable bonds is 9. The Hall–Kier alpha value is -4.22. The van der Waals surface area contributed by atoms with E-state index in [0.29, 0.717) is 35.1 Å². The number of fused-ring (bicyclic) bond motifs is 1. The van der Waals surface area contributed by atoms with Crippen molar-refractivity contribution in [1.82, 2.24) is 34.2 Å². The maximum Gasteiger partial charge on any atom is 0.337 e. The highest BCUT2D eigenvalue weighted by molar-refractivity contribution is 6.30. The van der Waals surface area contributed by atoms with Gasteiger partial charge in [-0.25, -0.2) is 19.2 Å². The molecule has 1 saturated heterocycles. The molecule has 1 N–H and O–H groups in total. The summed E-state index contributed by atoms with van der Waals surface area (Å²) in [5, 5.41) is 4.93. The number of nitrogens with one attached hydrogen (secondary N) is 1. The van der Waals surface area contributed by atoms with Gasteiger partial charge in [-0.1, -0.05) is 17.7 Å². The smallest absolute Gasteiger partial charge is 0.337 e. The molecule has 12 heteroatoms. The van der Waals surface area contributed by atoms with Crippen LogP contribution >= 0.6 is 11.6 Å². The van der Waals surface area contributed by atoms with Gasteiger partial charge in [0, 0.05) is 42.1 Å². The number of nitrogens with zero attached hydrogens (tertiary/aromatic N) is 6.